The van der Waals surface area contributed by atoms with Gasteiger partial charge in [0, 0.05) is 17.1 Å². The third-order valence-electron chi connectivity index (χ3n) is 5.09. The molecule has 0 spiro atoms. The first kappa shape index (κ1) is 19.8. The Balaban J connectivity index is 1.57. The summed E-state index contributed by atoms with van der Waals surface area (Å²) in [5.41, 5.74) is 1.78. The van der Waals surface area contributed by atoms with Gasteiger partial charge in [-0.15, -0.1) is 0 Å². The average Bonchev–Trinajstić information content (AvgIpc) is 3.37. The number of aromatic nitrogens is 2. The number of furan rings is 1. The number of pyridine rings is 1. The molecule has 8 heteroatoms. The predicted molar refractivity (Wildman–Crippen MR) is 121 cm³/mol. The molecule has 3 heterocycles. The van der Waals surface area contributed by atoms with E-state index in [1.54, 1.807) is 80.0 Å². The fourth-order valence-corrected chi connectivity index (χ4v) is 3.76. The minimum Gasteiger partial charge on any atom is -0.497 e. The Bertz CT molecular complexity index is 1480. The van der Waals surface area contributed by atoms with Crippen molar-refractivity contribution in [2.45, 2.75) is 0 Å². The van der Waals surface area contributed by atoms with E-state index in [2.05, 4.69) is 10.4 Å². The molecule has 0 aliphatic heterocycles. The van der Waals surface area contributed by atoms with Crippen LogP contribution in [0.2, 0.25) is 5.02 Å². The fourth-order valence-electron chi connectivity index (χ4n) is 3.49. The number of methoxy groups -OCH3 is 1. The molecule has 0 unspecified atom stereocenters. The van der Waals surface area contributed by atoms with E-state index >= 15 is 0 Å². The Labute approximate surface area is 187 Å². The molecule has 0 radical (unpaired) electrons. The van der Waals surface area contributed by atoms with Crippen molar-refractivity contribution in [3.8, 4) is 5.75 Å². The van der Waals surface area contributed by atoms with Crippen LogP contribution in [0.3, 0.4) is 0 Å². The standard InChI is InChI=1S/C24H16ClN3O4/c1-31-15-11-9-14(10-12-15)22(29)23-20(16-6-2-3-8-18(16)32-23)26-24(30)21-19(25)17-7-4-5-13-28(17)27-21/h2-13H,1H3,(H,26,30). The molecule has 158 valence electrons. The van der Waals surface area contributed by atoms with E-state index in [1.807, 2.05) is 0 Å². The van der Waals surface area contributed by atoms with Gasteiger partial charge >= 0.3 is 0 Å². The van der Waals surface area contributed by atoms with Crippen molar-refractivity contribution in [3.05, 3.63) is 95.0 Å². The van der Waals surface area contributed by atoms with Crippen LogP contribution in [-0.2, 0) is 0 Å². The number of hydrogen-bond donors (Lipinski definition) is 1. The molecule has 7 nitrogen and oxygen atoms in total. The lowest BCUT2D eigenvalue weighted by Crippen LogP contribution is -2.15. The summed E-state index contributed by atoms with van der Waals surface area (Å²) in [7, 11) is 1.55. The van der Waals surface area contributed by atoms with Gasteiger partial charge in [-0.25, -0.2) is 4.52 Å². The predicted octanol–water partition coefficient (Wildman–Crippen LogP) is 5.23. The molecular formula is C24H16ClN3O4. The lowest BCUT2D eigenvalue weighted by molar-refractivity contribution is 0.101. The Morgan fingerprint density at radius 2 is 1.78 bits per heavy atom. The first-order valence-corrected chi connectivity index (χ1v) is 10.1. The molecule has 5 rings (SSSR count). The number of benzene rings is 2. The second kappa shape index (κ2) is 7.86. The number of carbonyl (C=O) groups excluding carboxylic acids is 2. The lowest BCUT2D eigenvalue weighted by Gasteiger charge is -2.06. The number of amides is 1. The van der Waals surface area contributed by atoms with Gasteiger partial charge in [-0.1, -0.05) is 29.8 Å². The smallest absolute Gasteiger partial charge is 0.277 e. The van der Waals surface area contributed by atoms with Gasteiger partial charge in [-0.3, -0.25) is 9.59 Å². The number of nitrogens with one attached hydrogen (secondary N) is 1. The number of halogens is 1. The first-order valence-electron chi connectivity index (χ1n) is 9.71. The molecule has 0 bridgehead atoms. The number of rotatable bonds is 5. The Kier molecular flexibility index (Phi) is 4.88. The van der Waals surface area contributed by atoms with Gasteiger partial charge in [0.1, 0.15) is 11.3 Å². The molecule has 5 aromatic rings. The maximum atomic E-state index is 13.2. The first-order chi connectivity index (χ1) is 15.6. The van der Waals surface area contributed by atoms with Crippen molar-refractivity contribution in [2.75, 3.05) is 12.4 Å². The minimum absolute atomic E-state index is 0.0182. The summed E-state index contributed by atoms with van der Waals surface area (Å²) < 4.78 is 12.5. The number of nitrogens with zero attached hydrogens (tertiary/aromatic N) is 2. The van der Waals surface area contributed by atoms with Crippen LogP contribution >= 0.6 is 11.6 Å². The summed E-state index contributed by atoms with van der Waals surface area (Å²) >= 11 is 6.39. The highest BCUT2D eigenvalue weighted by molar-refractivity contribution is 6.37. The van der Waals surface area contributed by atoms with Gasteiger partial charge in [0.15, 0.2) is 11.5 Å². The van der Waals surface area contributed by atoms with Crippen molar-refractivity contribution in [3.63, 3.8) is 0 Å². The van der Waals surface area contributed by atoms with Crippen molar-refractivity contribution in [2.24, 2.45) is 0 Å². The molecule has 0 aliphatic rings. The van der Waals surface area contributed by atoms with E-state index in [1.165, 1.54) is 4.52 Å². The molecule has 3 aromatic heterocycles. The van der Waals surface area contributed by atoms with Crippen molar-refractivity contribution >= 4 is 45.5 Å². The highest BCUT2D eigenvalue weighted by Crippen LogP contribution is 2.33. The van der Waals surface area contributed by atoms with E-state index in [0.717, 1.165) is 0 Å². The van der Waals surface area contributed by atoms with Crippen LogP contribution in [0.15, 0.2) is 77.3 Å². The Morgan fingerprint density at radius 1 is 1.03 bits per heavy atom. The Hall–Kier alpha value is -4.10. The third-order valence-corrected chi connectivity index (χ3v) is 5.46. The minimum atomic E-state index is -0.547. The molecule has 1 amide bonds. The zero-order valence-corrected chi connectivity index (χ0v) is 17.6. The van der Waals surface area contributed by atoms with E-state index < -0.39 is 5.91 Å². The van der Waals surface area contributed by atoms with Crippen molar-refractivity contribution < 1.29 is 18.7 Å². The maximum absolute atomic E-state index is 13.2. The molecule has 0 saturated heterocycles. The second-order valence-electron chi connectivity index (χ2n) is 7.01. The van der Waals surface area contributed by atoms with Gasteiger partial charge < -0.3 is 14.5 Å². The number of hydrogen-bond acceptors (Lipinski definition) is 5. The molecule has 0 atom stereocenters. The topological polar surface area (TPSA) is 85.8 Å². The number of ketones is 1. The number of ether oxygens (including phenoxy) is 1. The molecule has 2 aromatic carbocycles. The van der Waals surface area contributed by atoms with Crippen LogP contribution in [0, 0.1) is 0 Å². The van der Waals surface area contributed by atoms with Gasteiger partial charge in [0.25, 0.3) is 5.91 Å². The van der Waals surface area contributed by atoms with Gasteiger partial charge in [-0.2, -0.15) is 5.10 Å². The highest BCUT2D eigenvalue weighted by atomic mass is 35.5. The summed E-state index contributed by atoms with van der Waals surface area (Å²) in [4.78, 5) is 26.3. The maximum Gasteiger partial charge on any atom is 0.277 e. The van der Waals surface area contributed by atoms with E-state index in [0.29, 0.717) is 27.8 Å². The van der Waals surface area contributed by atoms with E-state index in [4.69, 9.17) is 20.8 Å². The SMILES string of the molecule is COc1ccc(C(=O)c2oc3ccccc3c2NC(=O)c2nn3ccccc3c2Cl)cc1. The number of anilines is 1. The van der Waals surface area contributed by atoms with E-state index in [9.17, 15) is 9.59 Å². The van der Waals surface area contributed by atoms with E-state index in [-0.39, 0.29) is 27.9 Å². The largest absolute Gasteiger partial charge is 0.497 e. The summed E-state index contributed by atoms with van der Waals surface area (Å²) in [5, 5.41) is 7.87. The monoisotopic (exact) mass is 445 g/mol. The quantitative estimate of drug-likeness (QED) is 0.374. The molecule has 0 fully saturated rings. The summed E-state index contributed by atoms with van der Waals surface area (Å²) in [5.74, 6) is -0.278. The molecule has 0 aliphatic carbocycles. The highest BCUT2D eigenvalue weighted by Gasteiger charge is 2.26. The van der Waals surface area contributed by atoms with Crippen LogP contribution in [0.4, 0.5) is 5.69 Å². The number of fused-ring (bicyclic) bond motifs is 2. The molecule has 0 saturated carbocycles. The second-order valence-corrected chi connectivity index (χ2v) is 7.39. The number of para-hydroxylation sites is 1. The van der Waals surface area contributed by atoms with Gasteiger partial charge in [0.05, 0.1) is 23.3 Å². The zero-order valence-electron chi connectivity index (χ0n) is 16.8. The summed E-state index contributed by atoms with van der Waals surface area (Å²) in [6, 6.07) is 19.1. The van der Waals surface area contributed by atoms with Crippen LogP contribution in [-0.4, -0.2) is 28.4 Å². The molecule has 1 N–H and O–H groups in total. The van der Waals surface area contributed by atoms with Gasteiger partial charge in [-0.05, 0) is 48.5 Å². The van der Waals surface area contributed by atoms with Crippen LogP contribution < -0.4 is 10.1 Å². The normalized spacial score (nSPS) is 11.1. The number of carbonyl (C=O) groups is 2. The zero-order chi connectivity index (χ0) is 22.2. The molecule has 32 heavy (non-hydrogen) atoms. The van der Waals surface area contributed by atoms with Crippen LogP contribution in [0.5, 0.6) is 5.75 Å². The van der Waals surface area contributed by atoms with Crippen LogP contribution in [0.25, 0.3) is 16.5 Å². The van der Waals surface area contributed by atoms with Crippen LogP contribution in [0.1, 0.15) is 26.6 Å². The van der Waals surface area contributed by atoms with Gasteiger partial charge in [0.2, 0.25) is 5.78 Å². The van der Waals surface area contributed by atoms with Crippen molar-refractivity contribution in [1.82, 2.24) is 9.61 Å². The summed E-state index contributed by atoms with van der Waals surface area (Å²) in [6.45, 7) is 0. The molecular weight excluding hydrogens is 430 g/mol. The summed E-state index contributed by atoms with van der Waals surface area (Å²) in [6.07, 6.45) is 1.70. The fraction of sp³-hybridized carbons (Fsp3) is 0.0417. The third kappa shape index (κ3) is 3.29. The lowest BCUT2D eigenvalue weighted by atomic mass is 10.1. The average molecular weight is 446 g/mol. The van der Waals surface area contributed by atoms with Crippen molar-refractivity contribution in [1.29, 1.82) is 0 Å². The Morgan fingerprint density at radius 3 is 2.53 bits per heavy atom.